The zero-order chi connectivity index (χ0) is 37.0. The second kappa shape index (κ2) is 13.2. The quantitative estimate of drug-likeness (QED) is 0.123. The van der Waals surface area contributed by atoms with E-state index in [1.807, 2.05) is 0 Å². The first-order valence-electron chi connectivity index (χ1n) is 19.4. The summed E-state index contributed by atoms with van der Waals surface area (Å²) in [7, 11) is 0. The van der Waals surface area contributed by atoms with Crippen LogP contribution in [-0.2, 0) is 0 Å². The molecule has 0 radical (unpaired) electrons. The van der Waals surface area contributed by atoms with Gasteiger partial charge in [-0.25, -0.2) is 0 Å². The Kier molecular flexibility index (Phi) is 7.60. The molecular weight excluding hydrogens is 673 g/mol. The second-order valence-corrected chi connectivity index (χ2v) is 14.8. The van der Waals surface area contributed by atoms with E-state index in [4.69, 9.17) is 0 Å². The highest BCUT2D eigenvalue weighted by atomic mass is 14.2. The molecule has 56 heavy (non-hydrogen) atoms. The van der Waals surface area contributed by atoms with Crippen molar-refractivity contribution in [1.82, 2.24) is 0 Å². The maximum absolute atomic E-state index is 2.38. The van der Waals surface area contributed by atoms with Gasteiger partial charge in [-0.1, -0.05) is 194 Å². The van der Waals surface area contributed by atoms with Gasteiger partial charge in [-0.15, -0.1) is 0 Å². The van der Waals surface area contributed by atoms with Crippen LogP contribution in [0.1, 0.15) is 0 Å². The molecule has 0 unspecified atom stereocenters. The van der Waals surface area contributed by atoms with Crippen molar-refractivity contribution in [3.8, 4) is 55.6 Å². The van der Waals surface area contributed by atoms with Gasteiger partial charge in [0.2, 0.25) is 0 Å². The smallest absolute Gasteiger partial charge is 0.00262 e. The molecule has 0 heteroatoms. The Morgan fingerprint density at radius 2 is 0.661 bits per heavy atom. The Labute approximate surface area is 326 Å². The Balaban J connectivity index is 1.04. The molecular formula is C56H36. The fourth-order valence-corrected chi connectivity index (χ4v) is 8.94. The van der Waals surface area contributed by atoms with Crippen LogP contribution in [0.4, 0.5) is 0 Å². The summed E-state index contributed by atoms with van der Waals surface area (Å²) < 4.78 is 0. The molecule has 11 rings (SSSR count). The standard InChI is InChI=1S/C56H36/c1-2-14-39(15-3-1)53-36-45-17-6-7-20-47(45)48-32-31-44(35-54(48)53)38-25-28-40(29-26-38)55-49-21-8-10-23-51(49)56(52-24-11-9-22-50(52)55)46-19-12-18-42(34-46)43-30-27-37-13-4-5-16-41(37)33-43/h1-36H. The number of hydrogen-bond acceptors (Lipinski definition) is 0. The second-order valence-electron chi connectivity index (χ2n) is 14.8. The van der Waals surface area contributed by atoms with Crippen molar-refractivity contribution in [3.63, 3.8) is 0 Å². The largest absolute Gasteiger partial charge is 0.0622 e. The fourth-order valence-electron chi connectivity index (χ4n) is 8.94. The van der Waals surface area contributed by atoms with E-state index in [9.17, 15) is 0 Å². The van der Waals surface area contributed by atoms with Gasteiger partial charge < -0.3 is 0 Å². The zero-order valence-corrected chi connectivity index (χ0v) is 30.8. The van der Waals surface area contributed by atoms with E-state index in [0.29, 0.717) is 0 Å². The van der Waals surface area contributed by atoms with Crippen LogP contribution >= 0.6 is 0 Å². The molecule has 0 fully saturated rings. The average molecular weight is 709 g/mol. The van der Waals surface area contributed by atoms with Gasteiger partial charge in [-0.05, 0) is 134 Å². The average Bonchev–Trinajstić information content (AvgIpc) is 3.28. The summed E-state index contributed by atoms with van der Waals surface area (Å²) in [6.07, 6.45) is 0. The van der Waals surface area contributed by atoms with E-state index in [0.717, 1.165) is 0 Å². The molecule has 0 nitrogen and oxygen atoms in total. The molecule has 0 aromatic heterocycles. The topological polar surface area (TPSA) is 0 Å². The summed E-state index contributed by atoms with van der Waals surface area (Å²) in [6, 6.07) is 80.3. The highest BCUT2D eigenvalue weighted by molar-refractivity contribution is 6.21. The minimum Gasteiger partial charge on any atom is -0.0622 e. The molecule has 0 amide bonds. The normalized spacial score (nSPS) is 11.6. The summed E-state index contributed by atoms with van der Waals surface area (Å²) >= 11 is 0. The first-order chi connectivity index (χ1) is 27.8. The number of hydrogen-bond donors (Lipinski definition) is 0. The van der Waals surface area contributed by atoms with Crippen molar-refractivity contribution in [2.24, 2.45) is 0 Å². The zero-order valence-electron chi connectivity index (χ0n) is 30.8. The predicted molar refractivity (Wildman–Crippen MR) is 241 cm³/mol. The van der Waals surface area contributed by atoms with E-state index >= 15 is 0 Å². The molecule has 11 aromatic rings. The molecule has 0 heterocycles. The maximum atomic E-state index is 2.38. The van der Waals surface area contributed by atoms with E-state index < -0.39 is 0 Å². The van der Waals surface area contributed by atoms with Crippen molar-refractivity contribution in [3.05, 3.63) is 218 Å². The molecule has 0 saturated heterocycles. The van der Waals surface area contributed by atoms with Gasteiger partial charge in [0.15, 0.2) is 0 Å². The third-order valence-corrected chi connectivity index (χ3v) is 11.6. The minimum atomic E-state index is 1.21. The van der Waals surface area contributed by atoms with Crippen molar-refractivity contribution < 1.29 is 0 Å². The Morgan fingerprint density at radius 3 is 1.38 bits per heavy atom. The van der Waals surface area contributed by atoms with Gasteiger partial charge in [-0.2, -0.15) is 0 Å². The van der Waals surface area contributed by atoms with Crippen molar-refractivity contribution >= 4 is 53.9 Å². The SMILES string of the molecule is c1ccc(-c2cc3ccccc3c3ccc(-c4ccc(-c5c6ccccc6c(-c6cccc(-c7ccc8ccccc8c7)c6)c6ccccc56)cc4)cc23)cc1. The molecule has 0 aliphatic rings. The lowest BCUT2D eigenvalue weighted by Gasteiger charge is -2.18. The van der Waals surface area contributed by atoms with E-state index in [-0.39, 0.29) is 0 Å². The van der Waals surface area contributed by atoms with Crippen LogP contribution in [0.3, 0.4) is 0 Å². The molecule has 0 atom stereocenters. The Hall–Kier alpha value is -7.28. The van der Waals surface area contributed by atoms with Crippen LogP contribution in [0.2, 0.25) is 0 Å². The van der Waals surface area contributed by atoms with Gasteiger partial charge in [0.05, 0.1) is 0 Å². The van der Waals surface area contributed by atoms with Crippen LogP contribution in [0.5, 0.6) is 0 Å². The maximum Gasteiger partial charge on any atom is -0.00262 e. The van der Waals surface area contributed by atoms with Crippen molar-refractivity contribution in [2.75, 3.05) is 0 Å². The Bertz CT molecular complexity index is 3220. The highest BCUT2D eigenvalue weighted by Crippen LogP contribution is 2.45. The van der Waals surface area contributed by atoms with Crippen molar-refractivity contribution in [1.29, 1.82) is 0 Å². The van der Waals surface area contributed by atoms with E-state index in [2.05, 4.69) is 218 Å². The lowest BCUT2D eigenvalue weighted by Crippen LogP contribution is -1.91. The third-order valence-electron chi connectivity index (χ3n) is 11.6. The van der Waals surface area contributed by atoms with Gasteiger partial charge in [-0.3, -0.25) is 0 Å². The van der Waals surface area contributed by atoms with Crippen LogP contribution in [0.15, 0.2) is 218 Å². The Morgan fingerprint density at radius 1 is 0.179 bits per heavy atom. The fraction of sp³-hybridized carbons (Fsp3) is 0. The van der Waals surface area contributed by atoms with Gasteiger partial charge in [0.1, 0.15) is 0 Å². The van der Waals surface area contributed by atoms with Crippen LogP contribution < -0.4 is 0 Å². The molecule has 11 aromatic carbocycles. The molecule has 0 bridgehead atoms. The van der Waals surface area contributed by atoms with Crippen LogP contribution in [0, 0.1) is 0 Å². The van der Waals surface area contributed by atoms with Crippen molar-refractivity contribution in [2.45, 2.75) is 0 Å². The summed E-state index contributed by atoms with van der Waals surface area (Å²) in [5.74, 6) is 0. The number of rotatable bonds is 5. The summed E-state index contributed by atoms with van der Waals surface area (Å²) in [5.41, 5.74) is 12.4. The predicted octanol–water partition coefficient (Wildman–Crippen LogP) is 15.8. The van der Waals surface area contributed by atoms with Crippen LogP contribution in [-0.4, -0.2) is 0 Å². The lowest BCUT2D eigenvalue weighted by molar-refractivity contribution is 1.62. The number of fused-ring (bicyclic) bond motifs is 6. The molecule has 0 saturated carbocycles. The first kappa shape index (κ1) is 32.2. The molecule has 260 valence electrons. The monoisotopic (exact) mass is 708 g/mol. The van der Waals surface area contributed by atoms with E-state index in [1.165, 1.54) is 109 Å². The highest BCUT2D eigenvalue weighted by Gasteiger charge is 2.17. The van der Waals surface area contributed by atoms with Crippen LogP contribution in [0.25, 0.3) is 109 Å². The summed E-state index contributed by atoms with van der Waals surface area (Å²) in [5, 5.41) is 12.7. The minimum absolute atomic E-state index is 1.21. The molecule has 0 aliphatic heterocycles. The van der Waals surface area contributed by atoms with E-state index in [1.54, 1.807) is 0 Å². The molecule has 0 N–H and O–H groups in total. The van der Waals surface area contributed by atoms with Gasteiger partial charge >= 0.3 is 0 Å². The number of benzene rings is 11. The van der Waals surface area contributed by atoms with Gasteiger partial charge in [0.25, 0.3) is 0 Å². The molecule has 0 spiro atoms. The molecule has 0 aliphatic carbocycles. The summed E-state index contributed by atoms with van der Waals surface area (Å²) in [4.78, 5) is 0. The summed E-state index contributed by atoms with van der Waals surface area (Å²) in [6.45, 7) is 0. The third kappa shape index (κ3) is 5.38. The lowest BCUT2D eigenvalue weighted by atomic mass is 9.85. The first-order valence-corrected chi connectivity index (χ1v) is 19.4. The van der Waals surface area contributed by atoms with Gasteiger partial charge in [0, 0.05) is 0 Å².